The van der Waals surface area contributed by atoms with Crippen LogP contribution < -0.4 is 5.56 Å². The highest BCUT2D eigenvalue weighted by Crippen LogP contribution is 2.33. The third-order valence-electron chi connectivity index (χ3n) is 5.82. The molecule has 0 radical (unpaired) electrons. The van der Waals surface area contributed by atoms with E-state index in [9.17, 15) is 15.3 Å². The fraction of sp³-hybridized carbons (Fsp3) is 0. The van der Waals surface area contributed by atoms with Crippen LogP contribution in [0, 0.1) is 22.7 Å². The average Bonchev–Trinajstić information content (AvgIpc) is 2.93. The normalized spacial score (nSPS) is 10.3. The number of hydrogen-bond donors (Lipinski definition) is 0. The first-order chi connectivity index (χ1) is 17.2. The summed E-state index contributed by atoms with van der Waals surface area (Å²) in [6.45, 7) is 0. The van der Waals surface area contributed by atoms with Gasteiger partial charge < -0.3 is 0 Å². The third kappa shape index (κ3) is 3.99. The minimum atomic E-state index is -0.252. The van der Waals surface area contributed by atoms with Crippen LogP contribution >= 0.6 is 0 Å². The second-order valence-electron chi connectivity index (χ2n) is 7.87. The molecule has 5 nitrogen and oxygen atoms in total. The molecule has 2 heterocycles. The zero-order chi connectivity index (χ0) is 24.2. The largest absolute Gasteiger partial charge is 0.283 e. The lowest BCUT2D eigenvalue weighted by Crippen LogP contribution is -2.20. The molecule has 0 saturated carbocycles. The molecule has 5 heteroatoms. The van der Waals surface area contributed by atoms with Gasteiger partial charge in [-0.2, -0.15) is 10.5 Å². The highest BCUT2D eigenvalue weighted by molar-refractivity contribution is 5.85. The molecule has 0 aliphatic rings. The lowest BCUT2D eigenvalue weighted by molar-refractivity contribution is 0.993. The molecule has 3 aromatic carbocycles. The lowest BCUT2D eigenvalue weighted by Gasteiger charge is -2.15. The highest BCUT2D eigenvalue weighted by atomic mass is 16.1. The second-order valence-corrected chi connectivity index (χ2v) is 7.87. The van der Waals surface area contributed by atoms with Gasteiger partial charge in [0.1, 0.15) is 6.07 Å². The van der Waals surface area contributed by atoms with Gasteiger partial charge >= 0.3 is 0 Å². The Hall–Kier alpha value is -5.26. The van der Waals surface area contributed by atoms with E-state index >= 15 is 0 Å². The summed E-state index contributed by atoms with van der Waals surface area (Å²) in [7, 11) is 0. The maximum Gasteiger partial charge on any atom is 0.263 e. The quantitative estimate of drug-likeness (QED) is 0.337. The van der Waals surface area contributed by atoms with Gasteiger partial charge in [-0.3, -0.25) is 14.3 Å². The van der Waals surface area contributed by atoms with Crippen LogP contribution in [-0.2, 0) is 0 Å². The van der Waals surface area contributed by atoms with E-state index in [4.69, 9.17) is 0 Å². The standard InChI is InChI=1S/C30H18N4O/c31-18-21-9-4-5-12-24(21)25-13-8-14-26(28(25)19-32)27-17-22(29-15-6-7-16-33-29)20-34(30(27)35)23-10-2-1-3-11-23/h1-17,20H. The monoisotopic (exact) mass is 450 g/mol. The van der Waals surface area contributed by atoms with Gasteiger partial charge in [-0.05, 0) is 36.4 Å². The van der Waals surface area contributed by atoms with Gasteiger partial charge in [0.15, 0.2) is 0 Å². The first kappa shape index (κ1) is 21.6. The van der Waals surface area contributed by atoms with Crippen LogP contribution in [-0.4, -0.2) is 9.55 Å². The van der Waals surface area contributed by atoms with Crippen LogP contribution in [0.1, 0.15) is 11.1 Å². The van der Waals surface area contributed by atoms with Crippen molar-refractivity contribution in [1.29, 1.82) is 10.5 Å². The first-order valence-electron chi connectivity index (χ1n) is 11.0. The van der Waals surface area contributed by atoms with Gasteiger partial charge in [0.2, 0.25) is 0 Å². The van der Waals surface area contributed by atoms with Gasteiger partial charge in [-0.1, -0.05) is 60.7 Å². The summed E-state index contributed by atoms with van der Waals surface area (Å²) >= 11 is 0. The van der Waals surface area contributed by atoms with Crippen molar-refractivity contribution in [3.63, 3.8) is 0 Å². The molecule has 0 saturated heterocycles. The maximum atomic E-state index is 13.8. The zero-order valence-corrected chi connectivity index (χ0v) is 18.6. The summed E-state index contributed by atoms with van der Waals surface area (Å²) in [4.78, 5) is 18.2. The molecule has 0 spiro atoms. The summed E-state index contributed by atoms with van der Waals surface area (Å²) < 4.78 is 1.58. The lowest BCUT2D eigenvalue weighted by atomic mass is 9.90. The molecule has 0 fully saturated rings. The van der Waals surface area contributed by atoms with Crippen molar-refractivity contribution in [2.45, 2.75) is 0 Å². The SMILES string of the molecule is N#Cc1ccccc1-c1cccc(-c2cc(-c3ccccn3)cn(-c3ccccc3)c2=O)c1C#N. The van der Waals surface area contributed by atoms with Crippen molar-refractivity contribution < 1.29 is 0 Å². The predicted octanol–water partition coefficient (Wildman–Crippen LogP) is 5.98. The molecule has 0 bridgehead atoms. The first-order valence-corrected chi connectivity index (χ1v) is 11.0. The van der Waals surface area contributed by atoms with Crippen molar-refractivity contribution in [3.05, 3.63) is 131 Å². The van der Waals surface area contributed by atoms with Crippen LogP contribution in [0.25, 0.3) is 39.2 Å². The van der Waals surface area contributed by atoms with E-state index in [-0.39, 0.29) is 5.56 Å². The minimum absolute atomic E-state index is 0.252. The third-order valence-corrected chi connectivity index (χ3v) is 5.82. The fourth-order valence-electron chi connectivity index (χ4n) is 4.17. The van der Waals surface area contributed by atoms with Crippen LogP contribution in [0.5, 0.6) is 0 Å². The molecule has 0 unspecified atom stereocenters. The van der Waals surface area contributed by atoms with Gasteiger partial charge in [0, 0.05) is 45.9 Å². The smallest absolute Gasteiger partial charge is 0.263 e. The topological polar surface area (TPSA) is 82.5 Å². The van der Waals surface area contributed by atoms with Crippen molar-refractivity contribution in [3.8, 4) is 51.3 Å². The Bertz CT molecular complexity index is 1670. The van der Waals surface area contributed by atoms with Gasteiger partial charge in [-0.25, -0.2) is 0 Å². The Morgan fingerprint density at radius 1 is 0.686 bits per heavy atom. The van der Waals surface area contributed by atoms with Gasteiger partial charge in [0.25, 0.3) is 5.56 Å². The Morgan fingerprint density at radius 3 is 2.09 bits per heavy atom. The summed E-state index contributed by atoms with van der Waals surface area (Å²) in [5.41, 5.74) is 4.86. The molecule has 0 N–H and O–H groups in total. The van der Waals surface area contributed by atoms with E-state index in [1.807, 2.05) is 60.7 Å². The van der Waals surface area contributed by atoms with Crippen molar-refractivity contribution >= 4 is 0 Å². The van der Waals surface area contributed by atoms with E-state index in [0.717, 1.165) is 5.56 Å². The maximum absolute atomic E-state index is 13.8. The zero-order valence-electron chi connectivity index (χ0n) is 18.6. The number of aromatic nitrogens is 2. The van der Waals surface area contributed by atoms with E-state index in [0.29, 0.717) is 44.8 Å². The summed E-state index contributed by atoms with van der Waals surface area (Å²) in [5.74, 6) is 0. The van der Waals surface area contributed by atoms with Crippen LogP contribution in [0.4, 0.5) is 0 Å². The number of nitrogens with zero attached hydrogens (tertiary/aromatic N) is 4. The number of rotatable bonds is 4. The number of benzene rings is 3. The summed E-state index contributed by atoms with van der Waals surface area (Å²) in [6.07, 6.45) is 3.47. The molecule has 5 aromatic rings. The summed E-state index contributed by atoms with van der Waals surface area (Å²) in [6, 6.07) is 33.7. The van der Waals surface area contributed by atoms with E-state index in [1.54, 1.807) is 53.4 Å². The molecular formula is C30H18N4O. The van der Waals surface area contributed by atoms with Crippen LogP contribution in [0.2, 0.25) is 0 Å². The Morgan fingerprint density at radius 2 is 1.37 bits per heavy atom. The van der Waals surface area contributed by atoms with Crippen molar-refractivity contribution in [2.75, 3.05) is 0 Å². The average molecular weight is 451 g/mol. The Labute approximate surface area is 202 Å². The van der Waals surface area contributed by atoms with Crippen molar-refractivity contribution in [1.82, 2.24) is 9.55 Å². The second kappa shape index (κ2) is 9.31. The molecule has 5 rings (SSSR count). The molecule has 164 valence electrons. The van der Waals surface area contributed by atoms with Crippen molar-refractivity contribution in [2.24, 2.45) is 0 Å². The fourth-order valence-corrected chi connectivity index (χ4v) is 4.17. The number of nitriles is 2. The van der Waals surface area contributed by atoms with E-state index < -0.39 is 0 Å². The van der Waals surface area contributed by atoms with E-state index in [2.05, 4.69) is 17.1 Å². The van der Waals surface area contributed by atoms with E-state index in [1.165, 1.54) is 0 Å². The number of pyridine rings is 2. The Balaban J connectivity index is 1.82. The Kier molecular flexibility index (Phi) is 5.74. The molecule has 35 heavy (non-hydrogen) atoms. The molecule has 0 aliphatic heterocycles. The predicted molar refractivity (Wildman–Crippen MR) is 136 cm³/mol. The number of para-hydroxylation sites is 1. The molecule has 0 amide bonds. The van der Waals surface area contributed by atoms with Gasteiger partial charge in [0.05, 0.1) is 22.9 Å². The highest BCUT2D eigenvalue weighted by Gasteiger charge is 2.18. The molecule has 0 aliphatic carbocycles. The van der Waals surface area contributed by atoms with Crippen LogP contribution in [0.15, 0.2) is 114 Å². The minimum Gasteiger partial charge on any atom is -0.283 e. The molecular weight excluding hydrogens is 432 g/mol. The van der Waals surface area contributed by atoms with Crippen LogP contribution in [0.3, 0.4) is 0 Å². The van der Waals surface area contributed by atoms with Gasteiger partial charge in [-0.15, -0.1) is 0 Å². The molecule has 0 atom stereocenters. The summed E-state index contributed by atoms with van der Waals surface area (Å²) in [5, 5.41) is 19.8. The number of hydrogen-bond acceptors (Lipinski definition) is 4. The molecule has 2 aromatic heterocycles.